The van der Waals surface area contributed by atoms with Gasteiger partial charge in [-0.15, -0.1) is 5.10 Å². The van der Waals surface area contributed by atoms with Crippen LogP contribution in [-0.2, 0) is 4.74 Å². The molecule has 7 heteroatoms. The molecule has 2 aromatic carbocycles. The Morgan fingerprint density at radius 2 is 1.86 bits per heavy atom. The Bertz CT molecular complexity index is 1170. The second-order valence-corrected chi connectivity index (χ2v) is 6.07. The van der Waals surface area contributed by atoms with Gasteiger partial charge >= 0.3 is 12.0 Å². The molecule has 0 atom stereocenters. The fraction of sp³-hybridized carbons (Fsp3) is 0.190. The zero-order valence-corrected chi connectivity index (χ0v) is 15.5. The first-order valence-corrected chi connectivity index (χ1v) is 9.05. The van der Waals surface area contributed by atoms with Crippen molar-refractivity contribution in [1.29, 1.82) is 0 Å². The normalized spacial score (nSPS) is 11.1. The number of aromatic hydroxyl groups is 1. The second kappa shape index (κ2) is 7.19. The molecule has 2 heterocycles. The molecule has 142 valence electrons. The number of hydrogen-bond donors (Lipinski definition) is 1. The van der Waals surface area contributed by atoms with Crippen LogP contribution in [0, 0.1) is 0 Å². The van der Waals surface area contributed by atoms with Gasteiger partial charge in [0.2, 0.25) is 0 Å². The minimum absolute atomic E-state index is 0.0759. The molecule has 0 aliphatic heterocycles. The number of carbonyl (C=O) groups is 1. The number of nitrogens with zero attached hydrogens (tertiary/aromatic N) is 3. The highest BCUT2D eigenvalue weighted by atomic mass is 16.5. The van der Waals surface area contributed by atoms with Crippen LogP contribution in [0.2, 0.25) is 0 Å². The van der Waals surface area contributed by atoms with Crippen molar-refractivity contribution in [3.8, 4) is 22.9 Å². The number of ether oxygens (including phenoxy) is 2. The van der Waals surface area contributed by atoms with E-state index >= 15 is 0 Å². The fourth-order valence-electron chi connectivity index (χ4n) is 3.26. The van der Waals surface area contributed by atoms with Crippen LogP contribution < -0.4 is 4.74 Å². The fourth-order valence-corrected chi connectivity index (χ4v) is 3.26. The van der Waals surface area contributed by atoms with Gasteiger partial charge < -0.3 is 14.6 Å². The lowest BCUT2D eigenvalue weighted by atomic mass is 9.98. The van der Waals surface area contributed by atoms with Crippen molar-refractivity contribution in [2.45, 2.75) is 13.8 Å². The van der Waals surface area contributed by atoms with Gasteiger partial charge in [-0.05, 0) is 25.0 Å². The molecule has 0 unspecified atom stereocenters. The Balaban J connectivity index is 2.13. The van der Waals surface area contributed by atoms with E-state index in [9.17, 15) is 9.90 Å². The van der Waals surface area contributed by atoms with Gasteiger partial charge in [0, 0.05) is 10.8 Å². The van der Waals surface area contributed by atoms with Crippen molar-refractivity contribution in [3.05, 3.63) is 54.2 Å². The third-order valence-electron chi connectivity index (χ3n) is 4.39. The maximum Gasteiger partial charge on any atom is 0.360 e. The molecule has 0 aliphatic rings. The Kier molecular flexibility index (Phi) is 4.57. The molecule has 0 aliphatic carbocycles. The molecule has 1 N–H and O–H groups in total. The SMILES string of the molecule is CCOC(=O)c1c(O)c2cccc(-c3ccccc3)c2c2nc(OCC)nn12. The van der Waals surface area contributed by atoms with Crippen molar-refractivity contribution in [2.24, 2.45) is 0 Å². The number of aromatic nitrogens is 3. The summed E-state index contributed by atoms with van der Waals surface area (Å²) in [4.78, 5) is 17.0. The largest absolute Gasteiger partial charge is 0.505 e. The number of esters is 1. The third-order valence-corrected chi connectivity index (χ3v) is 4.39. The Labute approximate surface area is 161 Å². The Hall–Kier alpha value is -3.61. The summed E-state index contributed by atoms with van der Waals surface area (Å²) in [5.74, 6) is -0.878. The average molecular weight is 377 g/mol. The smallest absolute Gasteiger partial charge is 0.360 e. The van der Waals surface area contributed by atoms with Gasteiger partial charge in [0.05, 0.1) is 13.2 Å². The number of rotatable bonds is 5. The summed E-state index contributed by atoms with van der Waals surface area (Å²) in [6.45, 7) is 4.08. The van der Waals surface area contributed by atoms with Crippen LogP contribution in [0.1, 0.15) is 24.3 Å². The van der Waals surface area contributed by atoms with E-state index in [2.05, 4.69) is 10.1 Å². The molecule has 0 spiro atoms. The first-order chi connectivity index (χ1) is 13.7. The molecule has 2 aromatic heterocycles. The molecular weight excluding hydrogens is 358 g/mol. The van der Waals surface area contributed by atoms with Crippen molar-refractivity contribution in [1.82, 2.24) is 14.6 Å². The van der Waals surface area contributed by atoms with Crippen molar-refractivity contribution >= 4 is 22.4 Å². The van der Waals surface area contributed by atoms with E-state index < -0.39 is 5.97 Å². The van der Waals surface area contributed by atoms with E-state index in [4.69, 9.17) is 9.47 Å². The van der Waals surface area contributed by atoms with Crippen LogP contribution in [0.15, 0.2) is 48.5 Å². The lowest BCUT2D eigenvalue weighted by molar-refractivity contribution is 0.0512. The summed E-state index contributed by atoms with van der Waals surface area (Å²) in [7, 11) is 0. The van der Waals surface area contributed by atoms with E-state index in [1.807, 2.05) is 49.4 Å². The van der Waals surface area contributed by atoms with Crippen LogP contribution in [0.25, 0.3) is 27.5 Å². The molecular formula is C21H19N3O4. The predicted octanol–water partition coefficient (Wildman–Crippen LogP) is 3.83. The zero-order chi connectivity index (χ0) is 19.7. The Morgan fingerprint density at radius 3 is 2.57 bits per heavy atom. The molecule has 0 saturated heterocycles. The highest BCUT2D eigenvalue weighted by molar-refractivity contribution is 6.11. The predicted molar refractivity (Wildman–Crippen MR) is 105 cm³/mol. The molecule has 4 rings (SSSR count). The topological polar surface area (TPSA) is 86.0 Å². The van der Waals surface area contributed by atoms with Crippen LogP contribution in [0.3, 0.4) is 0 Å². The molecule has 0 radical (unpaired) electrons. The average Bonchev–Trinajstić information content (AvgIpc) is 3.12. The number of carbonyl (C=O) groups excluding carboxylic acids is 1. The summed E-state index contributed by atoms with van der Waals surface area (Å²) in [5.41, 5.74) is 2.16. The lowest BCUT2D eigenvalue weighted by Gasteiger charge is -2.13. The summed E-state index contributed by atoms with van der Waals surface area (Å²) in [6.07, 6.45) is 0. The lowest BCUT2D eigenvalue weighted by Crippen LogP contribution is -2.12. The van der Waals surface area contributed by atoms with E-state index in [1.54, 1.807) is 13.0 Å². The van der Waals surface area contributed by atoms with E-state index in [0.717, 1.165) is 11.1 Å². The van der Waals surface area contributed by atoms with Gasteiger partial charge in [-0.1, -0.05) is 48.5 Å². The molecule has 7 nitrogen and oxygen atoms in total. The monoisotopic (exact) mass is 377 g/mol. The number of pyridine rings is 1. The number of fused-ring (bicyclic) bond motifs is 3. The Morgan fingerprint density at radius 1 is 1.07 bits per heavy atom. The molecule has 0 fully saturated rings. The number of hydrogen-bond acceptors (Lipinski definition) is 6. The molecule has 0 bridgehead atoms. The summed E-state index contributed by atoms with van der Waals surface area (Å²) in [5, 5.41) is 16.4. The first-order valence-electron chi connectivity index (χ1n) is 9.05. The van der Waals surface area contributed by atoms with Gasteiger partial charge in [-0.3, -0.25) is 0 Å². The van der Waals surface area contributed by atoms with Gasteiger partial charge in [0.15, 0.2) is 17.1 Å². The van der Waals surface area contributed by atoms with Crippen LogP contribution in [0.4, 0.5) is 0 Å². The molecule has 0 saturated carbocycles. The maximum atomic E-state index is 12.5. The molecule has 28 heavy (non-hydrogen) atoms. The minimum Gasteiger partial charge on any atom is -0.505 e. The van der Waals surface area contributed by atoms with Gasteiger partial charge in [0.1, 0.15) is 0 Å². The number of benzene rings is 2. The van der Waals surface area contributed by atoms with Gasteiger partial charge in [-0.2, -0.15) is 9.50 Å². The van der Waals surface area contributed by atoms with Gasteiger partial charge in [0.25, 0.3) is 0 Å². The van der Waals surface area contributed by atoms with Crippen molar-refractivity contribution in [2.75, 3.05) is 13.2 Å². The van der Waals surface area contributed by atoms with E-state index in [0.29, 0.717) is 23.0 Å². The summed E-state index contributed by atoms with van der Waals surface area (Å²) < 4.78 is 11.9. The third kappa shape index (κ3) is 2.81. The van der Waals surface area contributed by atoms with Gasteiger partial charge in [-0.25, -0.2) is 4.79 Å². The quantitative estimate of drug-likeness (QED) is 0.532. The highest BCUT2D eigenvalue weighted by Crippen LogP contribution is 2.38. The van der Waals surface area contributed by atoms with Crippen LogP contribution in [-0.4, -0.2) is 38.9 Å². The van der Waals surface area contributed by atoms with E-state index in [1.165, 1.54) is 4.52 Å². The van der Waals surface area contributed by atoms with Crippen molar-refractivity contribution in [3.63, 3.8) is 0 Å². The van der Waals surface area contributed by atoms with Crippen molar-refractivity contribution < 1.29 is 19.4 Å². The van der Waals surface area contributed by atoms with E-state index in [-0.39, 0.29) is 24.1 Å². The standard InChI is InChI=1S/C21H19N3O4/c1-3-27-20(26)17-18(25)15-12-8-11-14(13-9-6-5-7-10-13)16(15)19-22-21(28-4-2)23-24(17)19/h5-12,25H,3-4H2,1-2H3. The summed E-state index contributed by atoms with van der Waals surface area (Å²) >= 11 is 0. The minimum atomic E-state index is -0.676. The van der Waals surface area contributed by atoms with Crippen LogP contribution >= 0.6 is 0 Å². The highest BCUT2D eigenvalue weighted by Gasteiger charge is 2.25. The maximum absolute atomic E-state index is 12.5. The molecule has 4 aromatic rings. The molecule has 0 amide bonds. The first kappa shape index (κ1) is 17.8. The summed E-state index contributed by atoms with van der Waals surface area (Å²) in [6, 6.07) is 15.4. The second-order valence-electron chi connectivity index (χ2n) is 6.07. The van der Waals surface area contributed by atoms with Crippen LogP contribution in [0.5, 0.6) is 11.8 Å². The zero-order valence-electron chi connectivity index (χ0n) is 15.5.